The number of thiophene rings is 1. The van der Waals surface area contributed by atoms with Crippen LogP contribution in [0.1, 0.15) is 63.3 Å². The summed E-state index contributed by atoms with van der Waals surface area (Å²) >= 11 is 13.0. The predicted octanol–water partition coefficient (Wildman–Crippen LogP) is 7.23. The molecule has 0 saturated carbocycles. The summed E-state index contributed by atoms with van der Waals surface area (Å²) in [5, 5.41) is -0.183. The van der Waals surface area contributed by atoms with Gasteiger partial charge in [-0.15, -0.1) is 11.3 Å². The van der Waals surface area contributed by atoms with Crippen molar-refractivity contribution in [3.63, 3.8) is 0 Å². The molecule has 2 atom stereocenters. The van der Waals surface area contributed by atoms with Gasteiger partial charge in [0.1, 0.15) is 5.16 Å². The van der Waals surface area contributed by atoms with E-state index in [1.165, 1.54) is 11.3 Å². The fourth-order valence-corrected chi connectivity index (χ4v) is 8.08. The van der Waals surface area contributed by atoms with E-state index >= 15 is 0 Å². The highest BCUT2D eigenvalue weighted by molar-refractivity contribution is 7.39. The van der Waals surface area contributed by atoms with Crippen LogP contribution in [0.4, 0.5) is 17.6 Å². The maximum Gasteiger partial charge on any atom is 0.404 e. The third-order valence-corrected chi connectivity index (χ3v) is 10.4. The van der Waals surface area contributed by atoms with Crippen LogP contribution in [0.15, 0.2) is 16.9 Å². The number of carbonyl (C=O) groups excluding carboxylic acids is 1. The average Bonchev–Trinajstić information content (AvgIpc) is 3.46. The SMILES string of the molecule is O=C(NC1CCOCC1)c1sc(C2=NPC(c3cc(Cl)c(F)c(Cl)c3)(C(F)(F)F)C2)c2c1CCCC2. The van der Waals surface area contributed by atoms with Crippen LogP contribution in [-0.4, -0.2) is 37.1 Å². The molecule has 1 aromatic heterocycles. The first-order valence-corrected chi connectivity index (χ1v) is 14.2. The molecule has 0 radical (unpaired) electrons. The van der Waals surface area contributed by atoms with Crippen molar-refractivity contribution in [1.29, 1.82) is 0 Å². The number of nitrogens with one attached hydrogen (secondary N) is 1. The summed E-state index contributed by atoms with van der Waals surface area (Å²) in [5.74, 6) is -1.13. The van der Waals surface area contributed by atoms with Gasteiger partial charge in [-0.1, -0.05) is 23.2 Å². The zero-order valence-electron chi connectivity index (χ0n) is 19.0. The second-order valence-corrected chi connectivity index (χ2v) is 12.4. The minimum absolute atomic E-state index is 0.0206. The van der Waals surface area contributed by atoms with E-state index in [1.807, 2.05) is 0 Å². The van der Waals surface area contributed by atoms with Gasteiger partial charge in [-0.05, 0) is 67.3 Å². The summed E-state index contributed by atoms with van der Waals surface area (Å²) in [7, 11) is -0.870. The molecule has 2 aliphatic heterocycles. The number of hydrogen-bond donors (Lipinski definition) is 1. The molecule has 1 amide bonds. The van der Waals surface area contributed by atoms with Crippen molar-refractivity contribution in [2.24, 2.45) is 4.76 Å². The lowest BCUT2D eigenvalue weighted by Gasteiger charge is -2.31. The van der Waals surface area contributed by atoms with E-state index in [0.717, 1.165) is 48.9 Å². The lowest BCUT2D eigenvalue weighted by atomic mass is 9.87. The van der Waals surface area contributed by atoms with Gasteiger partial charge in [0.2, 0.25) is 0 Å². The first-order valence-electron chi connectivity index (χ1n) is 11.7. The molecule has 3 heterocycles. The van der Waals surface area contributed by atoms with Crippen molar-refractivity contribution in [2.75, 3.05) is 13.2 Å². The number of halogens is 6. The smallest absolute Gasteiger partial charge is 0.381 e. The van der Waals surface area contributed by atoms with Gasteiger partial charge in [-0.25, -0.2) is 4.39 Å². The molecule has 36 heavy (non-hydrogen) atoms. The van der Waals surface area contributed by atoms with E-state index in [1.54, 1.807) is 0 Å². The zero-order valence-corrected chi connectivity index (χ0v) is 22.4. The highest BCUT2D eigenvalue weighted by atomic mass is 35.5. The van der Waals surface area contributed by atoms with E-state index in [4.69, 9.17) is 27.9 Å². The number of fused-ring (bicyclic) bond motifs is 1. The van der Waals surface area contributed by atoms with E-state index in [0.29, 0.717) is 41.5 Å². The second-order valence-electron chi connectivity index (χ2n) is 9.29. The number of alkyl halides is 3. The second kappa shape index (κ2) is 10.1. The van der Waals surface area contributed by atoms with Crippen LogP contribution in [0.25, 0.3) is 0 Å². The quantitative estimate of drug-likeness (QED) is 0.236. The molecule has 1 N–H and O–H groups in total. The first kappa shape index (κ1) is 26.4. The van der Waals surface area contributed by atoms with Crippen molar-refractivity contribution in [1.82, 2.24) is 5.32 Å². The van der Waals surface area contributed by atoms with Crippen molar-refractivity contribution in [2.45, 2.75) is 62.3 Å². The number of amides is 1. The summed E-state index contributed by atoms with van der Waals surface area (Å²) in [6, 6.07) is 2.02. The van der Waals surface area contributed by atoms with E-state index < -0.39 is 42.3 Å². The third kappa shape index (κ3) is 4.71. The molecule has 4 nitrogen and oxygen atoms in total. The molecular weight excluding hydrogens is 558 g/mol. The normalized spacial score (nSPS) is 23.6. The molecule has 0 spiro atoms. The number of rotatable bonds is 4. The fourth-order valence-electron chi connectivity index (χ4n) is 5.06. The van der Waals surface area contributed by atoms with Crippen molar-refractivity contribution < 1.29 is 27.1 Å². The molecule has 5 rings (SSSR count). The summed E-state index contributed by atoms with van der Waals surface area (Å²) in [4.78, 5) is 14.4. The lowest BCUT2D eigenvalue weighted by molar-refractivity contribution is -0.161. The van der Waals surface area contributed by atoms with E-state index in [-0.39, 0.29) is 17.5 Å². The van der Waals surface area contributed by atoms with Gasteiger partial charge in [0, 0.05) is 34.4 Å². The molecule has 1 aromatic carbocycles. The van der Waals surface area contributed by atoms with Gasteiger partial charge in [0.15, 0.2) is 5.82 Å². The summed E-state index contributed by atoms with van der Waals surface area (Å²) in [6.07, 6.45) is -0.377. The Hall–Kier alpha value is -1.25. The summed E-state index contributed by atoms with van der Waals surface area (Å²) in [5.41, 5.74) is 1.98. The Kier molecular flexibility index (Phi) is 7.42. The Morgan fingerprint density at radius 3 is 2.42 bits per heavy atom. The highest BCUT2D eigenvalue weighted by Crippen LogP contribution is 2.61. The van der Waals surface area contributed by atoms with Crippen LogP contribution in [0.5, 0.6) is 0 Å². The Labute approximate surface area is 221 Å². The zero-order chi connectivity index (χ0) is 25.7. The Morgan fingerprint density at radius 2 is 1.78 bits per heavy atom. The van der Waals surface area contributed by atoms with E-state index in [2.05, 4.69) is 10.1 Å². The van der Waals surface area contributed by atoms with Gasteiger partial charge in [0.05, 0.1) is 25.5 Å². The number of ether oxygens (including phenoxy) is 1. The van der Waals surface area contributed by atoms with Crippen LogP contribution in [0, 0.1) is 5.82 Å². The van der Waals surface area contributed by atoms with Gasteiger partial charge in [-0.3, -0.25) is 9.56 Å². The molecule has 12 heteroatoms. The van der Waals surface area contributed by atoms with Crippen molar-refractivity contribution in [3.8, 4) is 0 Å². The summed E-state index contributed by atoms with van der Waals surface area (Å²) in [6.45, 7) is 1.18. The molecule has 3 aliphatic rings. The maximum absolute atomic E-state index is 14.6. The Bertz CT molecular complexity index is 1210. The van der Waals surface area contributed by atoms with Crippen LogP contribution in [0.3, 0.4) is 0 Å². The summed E-state index contributed by atoms with van der Waals surface area (Å²) < 4.78 is 67.4. The van der Waals surface area contributed by atoms with Gasteiger partial charge < -0.3 is 10.1 Å². The molecule has 1 fully saturated rings. The largest absolute Gasteiger partial charge is 0.404 e. The molecule has 0 bridgehead atoms. The Balaban J connectivity index is 1.49. The third-order valence-electron chi connectivity index (χ3n) is 7.02. The fraction of sp³-hybridized carbons (Fsp3) is 0.500. The minimum Gasteiger partial charge on any atom is -0.381 e. The molecular formula is C24H23Cl2F4N2O2PS. The highest BCUT2D eigenvalue weighted by Gasteiger charge is 2.59. The number of nitrogens with zero attached hydrogens (tertiary/aromatic N) is 1. The van der Waals surface area contributed by atoms with Gasteiger partial charge >= 0.3 is 6.18 Å². The molecule has 2 unspecified atom stereocenters. The molecule has 1 saturated heterocycles. The predicted molar refractivity (Wildman–Crippen MR) is 136 cm³/mol. The number of hydrogen-bond acceptors (Lipinski definition) is 4. The maximum atomic E-state index is 14.6. The van der Waals surface area contributed by atoms with E-state index in [9.17, 15) is 22.4 Å². The van der Waals surface area contributed by atoms with Crippen LogP contribution in [0.2, 0.25) is 10.0 Å². The monoisotopic (exact) mass is 580 g/mol. The molecule has 194 valence electrons. The number of benzene rings is 1. The van der Waals surface area contributed by atoms with Crippen LogP contribution >= 0.6 is 43.3 Å². The molecule has 2 aromatic rings. The van der Waals surface area contributed by atoms with Gasteiger partial charge in [-0.2, -0.15) is 13.2 Å². The number of carbonyl (C=O) groups is 1. The van der Waals surface area contributed by atoms with Crippen LogP contribution < -0.4 is 5.32 Å². The van der Waals surface area contributed by atoms with Gasteiger partial charge in [0.25, 0.3) is 5.91 Å². The van der Waals surface area contributed by atoms with Crippen LogP contribution in [-0.2, 0) is 22.7 Å². The molecule has 1 aliphatic carbocycles. The lowest BCUT2D eigenvalue weighted by Crippen LogP contribution is -2.38. The topological polar surface area (TPSA) is 50.7 Å². The standard InChI is InChI=1S/C24H23Cl2F4N2O2PS/c25-16-9-12(10-17(26)19(16)27)23(24(28,29)30)11-18(32-35-23)20-14-3-1-2-4-15(14)21(36-20)22(33)31-13-5-7-34-8-6-13/h9-10,13,35H,1-8,11H2,(H,31,33). The average molecular weight is 581 g/mol. The first-order chi connectivity index (χ1) is 17.1. The minimum atomic E-state index is -4.66. The van der Waals surface area contributed by atoms with Crippen molar-refractivity contribution >= 4 is 54.9 Å². The van der Waals surface area contributed by atoms with Crippen molar-refractivity contribution in [3.05, 3.63) is 54.4 Å². The Morgan fingerprint density at radius 1 is 1.14 bits per heavy atom.